The third-order valence-electron chi connectivity index (χ3n) is 3.10. The van der Waals surface area contributed by atoms with Crippen LogP contribution in [0.4, 0.5) is 8.78 Å². The molecule has 0 spiro atoms. The zero-order chi connectivity index (χ0) is 15.0. The lowest BCUT2D eigenvalue weighted by Gasteiger charge is -2.12. The van der Waals surface area contributed by atoms with Gasteiger partial charge in [-0.1, -0.05) is 17.7 Å². The third-order valence-corrected chi connectivity index (χ3v) is 3.41. The van der Waals surface area contributed by atoms with Gasteiger partial charge in [0, 0.05) is 5.56 Å². The predicted molar refractivity (Wildman–Crippen MR) is 73.2 cm³/mol. The highest BCUT2D eigenvalue weighted by molar-refractivity contribution is 6.33. The number of aromatic carboxylic acids is 1. The molecule has 0 radical (unpaired) electrons. The molecule has 0 aliphatic rings. The van der Waals surface area contributed by atoms with Gasteiger partial charge in [0.05, 0.1) is 10.6 Å². The summed E-state index contributed by atoms with van der Waals surface area (Å²) in [5.41, 5.74) is 2.17. The summed E-state index contributed by atoms with van der Waals surface area (Å²) in [6, 6.07) is 4.95. The maximum atomic E-state index is 13.4. The first-order chi connectivity index (χ1) is 9.31. The second-order valence-corrected chi connectivity index (χ2v) is 4.94. The summed E-state index contributed by atoms with van der Waals surface area (Å²) in [6.07, 6.45) is 0. The molecule has 1 N–H and O–H groups in total. The van der Waals surface area contributed by atoms with Crippen LogP contribution in [0.1, 0.15) is 21.5 Å². The Morgan fingerprint density at radius 2 is 1.60 bits per heavy atom. The molecule has 0 atom stereocenters. The van der Waals surface area contributed by atoms with Crippen LogP contribution in [-0.4, -0.2) is 11.1 Å². The molecule has 0 unspecified atom stereocenters. The largest absolute Gasteiger partial charge is 0.478 e. The molecule has 2 aromatic rings. The van der Waals surface area contributed by atoms with E-state index < -0.39 is 17.6 Å². The van der Waals surface area contributed by atoms with Crippen molar-refractivity contribution in [2.75, 3.05) is 0 Å². The van der Waals surface area contributed by atoms with Gasteiger partial charge in [0.1, 0.15) is 0 Å². The number of rotatable bonds is 2. The topological polar surface area (TPSA) is 37.3 Å². The number of benzene rings is 2. The Bertz CT molecular complexity index is 712. The van der Waals surface area contributed by atoms with E-state index >= 15 is 0 Å². The van der Waals surface area contributed by atoms with Crippen molar-refractivity contribution in [1.82, 2.24) is 0 Å². The number of carboxylic acid groups (broad SMARTS) is 1. The molecule has 0 aliphatic heterocycles. The molecule has 0 amide bonds. The fourth-order valence-electron chi connectivity index (χ4n) is 2.10. The first-order valence-electron chi connectivity index (χ1n) is 5.80. The van der Waals surface area contributed by atoms with Crippen molar-refractivity contribution >= 4 is 17.6 Å². The standard InChI is InChI=1S/C15H11ClF2O2/c1-7-3-8(2)10(15(19)20)4-9(7)11-5-13(17)14(18)6-12(11)16/h3-6H,1-2H3,(H,19,20). The summed E-state index contributed by atoms with van der Waals surface area (Å²) in [7, 11) is 0. The minimum absolute atomic E-state index is 0.0344. The lowest BCUT2D eigenvalue weighted by molar-refractivity contribution is 0.0696. The van der Waals surface area contributed by atoms with Gasteiger partial charge in [-0.15, -0.1) is 0 Å². The van der Waals surface area contributed by atoms with Gasteiger partial charge in [-0.05, 0) is 48.7 Å². The van der Waals surface area contributed by atoms with Gasteiger partial charge >= 0.3 is 5.97 Å². The van der Waals surface area contributed by atoms with E-state index in [0.717, 1.165) is 17.7 Å². The quantitative estimate of drug-likeness (QED) is 0.822. The van der Waals surface area contributed by atoms with Crippen molar-refractivity contribution in [3.63, 3.8) is 0 Å². The van der Waals surface area contributed by atoms with Crippen LogP contribution in [0.5, 0.6) is 0 Å². The highest BCUT2D eigenvalue weighted by atomic mass is 35.5. The zero-order valence-corrected chi connectivity index (χ0v) is 11.6. The fourth-order valence-corrected chi connectivity index (χ4v) is 2.35. The number of halogens is 3. The summed E-state index contributed by atoms with van der Waals surface area (Å²) in [6.45, 7) is 3.43. The van der Waals surface area contributed by atoms with Gasteiger partial charge < -0.3 is 5.11 Å². The molecule has 104 valence electrons. The number of aryl methyl sites for hydroxylation is 2. The maximum Gasteiger partial charge on any atom is 0.335 e. The molecule has 0 fully saturated rings. The molecular formula is C15H11ClF2O2. The Morgan fingerprint density at radius 1 is 1.00 bits per heavy atom. The monoisotopic (exact) mass is 296 g/mol. The highest BCUT2D eigenvalue weighted by Gasteiger charge is 2.16. The van der Waals surface area contributed by atoms with Gasteiger partial charge in [-0.3, -0.25) is 0 Å². The summed E-state index contributed by atoms with van der Waals surface area (Å²) >= 11 is 5.93. The average Bonchev–Trinajstić information content (AvgIpc) is 2.34. The van der Waals surface area contributed by atoms with Crippen LogP contribution in [-0.2, 0) is 0 Å². The molecule has 0 heterocycles. The zero-order valence-electron chi connectivity index (χ0n) is 10.8. The highest BCUT2D eigenvalue weighted by Crippen LogP contribution is 2.33. The molecule has 20 heavy (non-hydrogen) atoms. The van der Waals surface area contributed by atoms with E-state index in [0.29, 0.717) is 11.1 Å². The molecule has 0 saturated carbocycles. The minimum Gasteiger partial charge on any atom is -0.478 e. The van der Waals surface area contributed by atoms with Crippen LogP contribution < -0.4 is 0 Å². The first kappa shape index (κ1) is 14.5. The van der Waals surface area contributed by atoms with E-state index in [1.807, 2.05) is 0 Å². The van der Waals surface area contributed by atoms with Gasteiger partial charge in [0.15, 0.2) is 11.6 Å². The van der Waals surface area contributed by atoms with Crippen molar-refractivity contribution in [1.29, 1.82) is 0 Å². The Balaban J connectivity index is 2.73. The van der Waals surface area contributed by atoms with E-state index in [1.54, 1.807) is 19.9 Å². The molecule has 0 aliphatic carbocycles. The van der Waals surface area contributed by atoms with E-state index in [1.165, 1.54) is 6.07 Å². The smallest absolute Gasteiger partial charge is 0.335 e. The van der Waals surface area contributed by atoms with Crippen molar-refractivity contribution in [3.05, 3.63) is 57.6 Å². The fraction of sp³-hybridized carbons (Fsp3) is 0.133. The molecule has 2 nitrogen and oxygen atoms in total. The van der Waals surface area contributed by atoms with Gasteiger partial charge in [-0.25, -0.2) is 13.6 Å². The normalized spacial score (nSPS) is 10.7. The second kappa shape index (κ2) is 5.21. The van der Waals surface area contributed by atoms with E-state index in [4.69, 9.17) is 16.7 Å². The van der Waals surface area contributed by atoms with Crippen molar-refractivity contribution in [3.8, 4) is 11.1 Å². The third kappa shape index (κ3) is 2.51. The van der Waals surface area contributed by atoms with E-state index in [9.17, 15) is 13.6 Å². The van der Waals surface area contributed by atoms with Crippen LogP contribution >= 0.6 is 11.6 Å². The minimum atomic E-state index is -1.08. The summed E-state index contributed by atoms with van der Waals surface area (Å²) < 4.78 is 26.5. The summed E-state index contributed by atoms with van der Waals surface area (Å²) in [5.74, 6) is -3.15. The molecule has 5 heteroatoms. The number of hydrogen-bond donors (Lipinski definition) is 1. The van der Waals surface area contributed by atoms with Crippen molar-refractivity contribution in [2.45, 2.75) is 13.8 Å². The average molecular weight is 297 g/mol. The van der Waals surface area contributed by atoms with E-state index in [-0.39, 0.29) is 16.1 Å². The van der Waals surface area contributed by atoms with Crippen LogP contribution in [0.3, 0.4) is 0 Å². The molecule has 2 aromatic carbocycles. The lowest BCUT2D eigenvalue weighted by Crippen LogP contribution is -2.01. The van der Waals surface area contributed by atoms with Crippen molar-refractivity contribution < 1.29 is 18.7 Å². The Labute approximate surface area is 119 Å². The lowest BCUT2D eigenvalue weighted by atomic mass is 9.95. The van der Waals surface area contributed by atoms with Crippen LogP contribution in [0, 0.1) is 25.5 Å². The molecule has 0 aromatic heterocycles. The van der Waals surface area contributed by atoms with Gasteiger partial charge in [0.25, 0.3) is 0 Å². The molecule has 0 bridgehead atoms. The van der Waals surface area contributed by atoms with E-state index in [2.05, 4.69) is 0 Å². The first-order valence-corrected chi connectivity index (χ1v) is 6.18. The summed E-state index contributed by atoms with van der Waals surface area (Å²) in [5, 5.41) is 9.16. The van der Waals surface area contributed by atoms with Crippen LogP contribution in [0.2, 0.25) is 5.02 Å². The number of carboxylic acids is 1. The number of carbonyl (C=O) groups is 1. The van der Waals surface area contributed by atoms with Gasteiger partial charge in [-0.2, -0.15) is 0 Å². The van der Waals surface area contributed by atoms with Crippen molar-refractivity contribution in [2.24, 2.45) is 0 Å². The Morgan fingerprint density at radius 3 is 2.20 bits per heavy atom. The second-order valence-electron chi connectivity index (χ2n) is 4.53. The Kier molecular flexibility index (Phi) is 3.77. The number of hydrogen-bond acceptors (Lipinski definition) is 1. The molecular weight excluding hydrogens is 286 g/mol. The van der Waals surface area contributed by atoms with Crippen LogP contribution in [0.25, 0.3) is 11.1 Å². The van der Waals surface area contributed by atoms with Crippen LogP contribution in [0.15, 0.2) is 24.3 Å². The molecule has 2 rings (SSSR count). The maximum absolute atomic E-state index is 13.4. The SMILES string of the molecule is Cc1cc(C)c(-c2cc(F)c(F)cc2Cl)cc1C(=O)O. The summed E-state index contributed by atoms with van der Waals surface area (Å²) in [4.78, 5) is 11.2. The molecule has 0 saturated heterocycles. The Hall–Kier alpha value is -1.94. The van der Waals surface area contributed by atoms with Gasteiger partial charge in [0.2, 0.25) is 0 Å². The predicted octanol–water partition coefficient (Wildman–Crippen LogP) is 4.60.